The molecule has 0 aliphatic carbocycles. The van der Waals surface area contributed by atoms with Crippen molar-refractivity contribution in [2.24, 2.45) is 5.92 Å². The lowest BCUT2D eigenvalue weighted by molar-refractivity contribution is -0.134. The minimum atomic E-state index is -0.327. The third-order valence-electron chi connectivity index (χ3n) is 4.80. The lowest BCUT2D eigenvalue weighted by Gasteiger charge is -2.38. The predicted molar refractivity (Wildman–Crippen MR) is 110 cm³/mol. The molecule has 1 unspecified atom stereocenters. The minimum Gasteiger partial charge on any atom is -0.466 e. The Kier molecular flexibility index (Phi) is 6.84. The smallest absolute Gasteiger partial charge is 0.330 e. The van der Waals surface area contributed by atoms with E-state index in [1.165, 1.54) is 35.6 Å². The van der Waals surface area contributed by atoms with Gasteiger partial charge in [-0.25, -0.2) is 4.79 Å². The number of allylic oxidation sites excluding steroid dienone is 5. The molecule has 0 spiro atoms. The zero-order valence-corrected chi connectivity index (χ0v) is 16.9. The number of nitrogens with zero attached hydrogens (tertiary/aromatic N) is 1. The van der Waals surface area contributed by atoms with E-state index < -0.39 is 0 Å². The Morgan fingerprint density at radius 2 is 2.04 bits per heavy atom. The maximum absolute atomic E-state index is 11.2. The molecule has 140 valence electrons. The minimum absolute atomic E-state index is 0.327. The average molecular weight is 354 g/mol. The Bertz CT molecular complexity index is 741. The Morgan fingerprint density at radius 3 is 2.69 bits per heavy atom. The molecule has 3 nitrogen and oxygen atoms in total. The number of carbonyl (C=O) groups excluding carboxylic acids is 1. The van der Waals surface area contributed by atoms with Crippen LogP contribution in [0.5, 0.6) is 0 Å². The maximum Gasteiger partial charge on any atom is 0.330 e. The van der Waals surface area contributed by atoms with Crippen molar-refractivity contribution in [2.75, 3.05) is 18.6 Å². The standard InChI is InChI=1S/C23H31NO2/c1-16(2)24-15-18(4)12-21-14-20(10-11-22(21)24)19(5)9-7-8-17(3)13-23(25)26-6/h7-11,13-14,16,18H,12,15H2,1-6H3. The summed E-state index contributed by atoms with van der Waals surface area (Å²) >= 11 is 0. The Morgan fingerprint density at radius 1 is 1.31 bits per heavy atom. The van der Waals surface area contributed by atoms with Crippen LogP contribution >= 0.6 is 0 Å². The number of ether oxygens (including phenoxy) is 1. The molecule has 1 atom stereocenters. The zero-order valence-electron chi connectivity index (χ0n) is 16.9. The average Bonchev–Trinajstić information content (AvgIpc) is 2.59. The number of esters is 1. The van der Waals surface area contributed by atoms with Crippen LogP contribution in [-0.4, -0.2) is 25.7 Å². The van der Waals surface area contributed by atoms with Crippen molar-refractivity contribution in [3.63, 3.8) is 0 Å². The Hall–Kier alpha value is -2.29. The van der Waals surface area contributed by atoms with Crippen LogP contribution in [-0.2, 0) is 16.0 Å². The molecule has 0 bridgehead atoms. The maximum atomic E-state index is 11.2. The van der Waals surface area contributed by atoms with Crippen molar-refractivity contribution in [3.05, 3.63) is 59.2 Å². The SMILES string of the molecule is COC(=O)C=C(C)C=CC=C(C)c1ccc2c(c1)CC(C)CN2C(C)C. The number of anilines is 1. The second-order valence-electron chi connectivity index (χ2n) is 7.52. The molecule has 0 saturated heterocycles. The normalized spacial score (nSPS) is 18.4. The summed E-state index contributed by atoms with van der Waals surface area (Å²) in [5.41, 5.74) is 6.15. The van der Waals surface area contributed by atoms with Gasteiger partial charge in [0.1, 0.15) is 0 Å². The van der Waals surface area contributed by atoms with E-state index in [1.807, 2.05) is 19.1 Å². The molecule has 0 N–H and O–H groups in total. The van der Waals surface area contributed by atoms with E-state index in [-0.39, 0.29) is 5.97 Å². The Labute approximate surface area is 158 Å². The zero-order chi connectivity index (χ0) is 19.3. The summed E-state index contributed by atoms with van der Waals surface area (Å²) < 4.78 is 4.64. The first-order valence-electron chi connectivity index (χ1n) is 9.33. The van der Waals surface area contributed by atoms with E-state index >= 15 is 0 Å². The van der Waals surface area contributed by atoms with Crippen molar-refractivity contribution in [1.29, 1.82) is 0 Å². The summed E-state index contributed by atoms with van der Waals surface area (Å²) in [6.45, 7) is 12.0. The molecular formula is C23H31NO2. The molecule has 1 aliphatic heterocycles. The van der Waals surface area contributed by atoms with Crippen LogP contribution in [0.3, 0.4) is 0 Å². The number of hydrogen-bond donors (Lipinski definition) is 0. The van der Waals surface area contributed by atoms with Crippen LogP contribution in [0.2, 0.25) is 0 Å². The largest absolute Gasteiger partial charge is 0.466 e. The lowest BCUT2D eigenvalue weighted by atomic mass is 9.90. The molecule has 1 heterocycles. The summed E-state index contributed by atoms with van der Waals surface area (Å²) in [7, 11) is 1.39. The summed E-state index contributed by atoms with van der Waals surface area (Å²) in [6, 6.07) is 7.32. The number of rotatable bonds is 5. The molecule has 1 aromatic carbocycles. The van der Waals surface area contributed by atoms with E-state index in [0.717, 1.165) is 18.5 Å². The molecule has 1 aromatic rings. The van der Waals surface area contributed by atoms with Gasteiger partial charge in [0.05, 0.1) is 7.11 Å². The molecule has 1 aliphatic rings. The van der Waals surface area contributed by atoms with Crippen LogP contribution in [0.15, 0.2) is 48.1 Å². The van der Waals surface area contributed by atoms with E-state index in [1.54, 1.807) is 0 Å². The quantitative estimate of drug-likeness (QED) is 0.415. The number of methoxy groups -OCH3 is 1. The first-order valence-corrected chi connectivity index (χ1v) is 9.33. The number of carbonyl (C=O) groups is 1. The summed E-state index contributed by atoms with van der Waals surface area (Å²) in [5.74, 6) is 0.349. The van der Waals surface area contributed by atoms with Gasteiger partial charge in [-0.3, -0.25) is 0 Å². The fourth-order valence-electron chi connectivity index (χ4n) is 3.37. The van der Waals surface area contributed by atoms with E-state index in [9.17, 15) is 4.79 Å². The highest BCUT2D eigenvalue weighted by Gasteiger charge is 2.23. The molecule has 0 radical (unpaired) electrons. The molecule has 0 saturated carbocycles. The van der Waals surface area contributed by atoms with Gasteiger partial charge < -0.3 is 9.64 Å². The molecule has 26 heavy (non-hydrogen) atoms. The fourth-order valence-corrected chi connectivity index (χ4v) is 3.37. The molecule has 0 aromatic heterocycles. The van der Waals surface area contributed by atoms with E-state index in [2.05, 4.69) is 61.6 Å². The summed E-state index contributed by atoms with van der Waals surface area (Å²) in [5, 5.41) is 0. The number of fused-ring (bicyclic) bond motifs is 1. The van der Waals surface area contributed by atoms with Crippen molar-refractivity contribution < 1.29 is 9.53 Å². The van der Waals surface area contributed by atoms with Gasteiger partial charge in [0.25, 0.3) is 0 Å². The summed E-state index contributed by atoms with van der Waals surface area (Å²) in [4.78, 5) is 13.7. The number of hydrogen-bond acceptors (Lipinski definition) is 3. The second-order valence-corrected chi connectivity index (χ2v) is 7.52. The van der Waals surface area contributed by atoms with Crippen LogP contribution < -0.4 is 4.90 Å². The van der Waals surface area contributed by atoms with Crippen molar-refractivity contribution in [2.45, 2.75) is 47.1 Å². The monoisotopic (exact) mass is 353 g/mol. The highest BCUT2D eigenvalue weighted by atomic mass is 16.5. The fraction of sp³-hybridized carbons (Fsp3) is 0.435. The van der Waals surface area contributed by atoms with E-state index in [0.29, 0.717) is 12.0 Å². The van der Waals surface area contributed by atoms with Crippen molar-refractivity contribution >= 4 is 17.2 Å². The van der Waals surface area contributed by atoms with Gasteiger partial charge in [0.2, 0.25) is 0 Å². The summed E-state index contributed by atoms with van der Waals surface area (Å²) in [6.07, 6.45) is 8.60. The lowest BCUT2D eigenvalue weighted by Crippen LogP contribution is -2.39. The first kappa shape index (κ1) is 20.0. The van der Waals surface area contributed by atoms with Gasteiger partial charge in [-0.1, -0.05) is 31.2 Å². The van der Waals surface area contributed by atoms with Crippen LogP contribution in [0.1, 0.15) is 45.7 Å². The molecular weight excluding hydrogens is 322 g/mol. The highest BCUT2D eigenvalue weighted by Crippen LogP contribution is 2.33. The van der Waals surface area contributed by atoms with Gasteiger partial charge in [-0.05, 0) is 74.4 Å². The van der Waals surface area contributed by atoms with E-state index in [4.69, 9.17) is 0 Å². The van der Waals surface area contributed by atoms with Crippen molar-refractivity contribution in [3.8, 4) is 0 Å². The predicted octanol–water partition coefficient (Wildman–Crippen LogP) is 5.17. The van der Waals surface area contributed by atoms with Gasteiger partial charge >= 0.3 is 5.97 Å². The third-order valence-corrected chi connectivity index (χ3v) is 4.80. The van der Waals surface area contributed by atoms with Gasteiger partial charge in [0.15, 0.2) is 0 Å². The molecule has 0 amide bonds. The third kappa shape index (κ3) is 5.10. The van der Waals surface area contributed by atoms with Gasteiger partial charge in [0, 0.05) is 24.4 Å². The Balaban J connectivity index is 2.20. The topological polar surface area (TPSA) is 29.5 Å². The van der Waals surface area contributed by atoms with Crippen LogP contribution in [0, 0.1) is 5.92 Å². The highest BCUT2D eigenvalue weighted by molar-refractivity contribution is 5.83. The van der Waals surface area contributed by atoms with Crippen molar-refractivity contribution in [1.82, 2.24) is 0 Å². The molecule has 0 fully saturated rings. The van der Waals surface area contributed by atoms with Gasteiger partial charge in [-0.2, -0.15) is 0 Å². The first-order chi connectivity index (χ1) is 12.3. The molecule has 2 rings (SSSR count). The van der Waals surface area contributed by atoms with Crippen LogP contribution in [0.4, 0.5) is 5.69 Å². The number of benzene rings is 1. The second kappa shape index (κ2) is 8.88. The van der Waals surface area contributed by atoms with Crippen LogP contribution in [0.25, 0.3) is 5.57 Å². The van der Waals surface area contributed by atoms with Gasteiger partial charge in [-0.15, -0.1) is 0 Å². The molecule has 3 heteroatoms.